The molecule has 2 nitrogen and oxygen atoms in total. The molecule has 100 valence electrons. The van der Waals surface area contributed by atoms with Gasteiger partial charge in [0.2, 0.25) is 0 Å². The Morgan fingerprint density at radius 2 is 0.750 bits per heavy atom. The maximum absolute atomic E-state index is 5.19. The van der Waals surface area contributed by atoms with Gasteiger partial charge in [-0.25, -0.2) is 0 Å². The molecule has 2 aliphatic rings. The summed E-state index contributed by atoms with van der Waals surface area (Å²) in [7, 11) is 0. The van der Waals surface area contributed by atoms with Crippen LogP contribution >= 0.6 is 0 Å². The average molecular weight is 232 g/mol. The van der Waals surface area contributed by atoms with Gasteiger partial charge in [-0.05, 0) is 32.1 Å². The molecule has 0 aliphatic carbocycles. The predicted molar refractivity (Wildman–Crippen MR) is 72.0 cm³/mol. The van der Waals surface area contributed by atoms with Crippen molar-refractivity contribution in [3.8, 4) is 0 Å². The van der Waals surface area contributed by atoms with Crippen molar-refractivity contribution in [2.24, 2.45) is 0 Å². The summed E-state index contributed by atoms with van der Waals surface area (Å²) in [5, 5.41) is 0. The molecule has 0 saturated carbocycles. The first-order valence-electron chi connectivity index (χ1n) is 6.65. The van der Waals surface area contributed by atoms with E-state index in [0.717, 1.165) is 26.4 Å². The fourth-order valence-electron chi connectivity index (χ4n) is 1.55. The van der Waals surface area contributed by atoms with E-state index in [9.17, 15) is 0 Å². The Kier molecular flexibility index (Phi) is 19.8. The van der Waals surface area contributed by atoms with Gasteiger partial charge in [-0.1, -0.05) is 34.1 Å². The van der Waals surface area contributed by atoms with E-state index in [-0.39, 0.29) is 7.43 Å². The Labute approximate surface area is 103 Å². The Bertz CT molecular complexity index is 69.7. The van der Waals surface area contributed by atoms with E-state index >= 15 is 0 Å². The Morgan fingerprint density at radius 3 is 1.00 bits per heavy atom. The molecule has 0 N–H and O–H groups in total. The van der Waals surface area contributed by atoms with Crippen molar-refractivity contribution in [3.63, 3.8) is 0 Å². The topological polar surface area (TPSA) is 18.5 Å². The van der Waals surface area contributed by atoms with Gasteiger partial charge in [0.15, 0.2) is 0 Å². The van der Waals surface area contributed by atoms with Gasteiger partial charge in [0, 0.05) is 26.4 Å². The third-order valence-corrected chi connectivity index (χ3v) is 2.40. The maximum Gasteiger partial charge on any atom is 0.0466 e. The monoisotopic (exact) mass is 232 g/mol. The molecule has 16 heavy (non-hydrogen) atoms. The molecule has 0 radical (unpaired) electrons. The van der Waals surface area contributed by atoms with Crippen molar-refractivity contribution >= 4 is 0 Å². The lowest BCUT2D eigenvalue weighted by Gasteiger charge is -2.08. The van der Waals surface area contributed by atoms with Crippen molar-refractivity contribution in [1.82, 2.24) is 0 Å². The van der Waals surface area contributed by atoms with Crippen LogP contribution in [0.4, 0.5) is 0 Å². The van der Waals surface area contributed by atoms with Gasteiger partial charge in [0.05, 0.1) is 0 Å². The predicted octanol–water partition coefficient (Wildman–Crippen LogP) is 4.43. The van der Waals surface area contributed by atoms with E-state index in [1.165, 1.54) is 44.9 Å². The van der Waals surface area contributed by atoms with Crippen molar-refractivity contribution in [3.05, 3.63) is 0 Å². The molecule has 2 saturated heterocycles. The number of ether oxygens (including phenoxy) is 2. The van der Waals surface area contributed by atoms with Crippen molar-refractivity contribution in [2.45, 2.75) is 66.2 Å². The normalized spacial score (nSPS) is 19.9. The highest BCUT2D eigenvalue weighted by atomic mass is 16.5. The smallest absolute Gasteiger partial charge is 0.0466 e. The molecular weight excluding hydrogens is 200 g/mol. The van der Waals surface area contributed by atoms with Crippen molar-refractivity contribution in [1.29, 1.82) is 0 Å². The van der Waals surface area contributed by atoms with Crippen molar-refractivity contribution < 1.29 is 9.47 Å². The van der Waals surface area contributed by atoms with Crippen LogP contribution in [0.2, 0.25) is 0 Å². The molecule has 0 aromatic rings. The van der Waals surface area contributed by atoms with E-state index in [4.69, 9.17) is 9.47 Å². The molecule has 2 heterocycles. The molecule has 0 atom stereocenters. The minimum Gasteiger partial charge on any atom is -0.381 e. The SMILES string of the molecule is C.C1CCCOCC1.C1CCOCC1.CC. The first-order valence-corrected chi connectivity index (χ1v) is 6.65. The minimum atomic E-state index is 0. The molecule has 0 spiro atoms. The third-order valence-electron chi connectivity index (χ3n) is 2.40. The average Bonchev–Trinajstić information content (AvgIpc) is 2.67. The zero-order chi connectivity index (χ0) is 11.2. The second-order valence-corrected chi connectivity index (χ2v) is 3.70. The van der Waals surface area contributed by atoms with Crippen LogP contribution in [-0.2, 0) is 9.47 Å². The largest absolute Gasteiger partial charge is 0.381 e. The van der Waals surface area contributed by atoms with Crippen LogP contribution in [0, 0.1) is 0 Å². The van der Waals surface area contributed by atoms with Gasteiger partial charge in [0.25, 0.3) is 0 Å². The molecule has 2 aliphatic heterocycles. The number of hydrogen-bond acceptors (Lipinski definition) is 2. The van der Waals surface area contributed by atoms with Gasteiger partial charge in [-0.3, -0.25) is 0 Å². The summed E-state index contributed by atoms with van der Waals surface area (Å²) in [5.74, 6) is 0. The van der Waals surface area contributed by atoms with Crippen LogP contribution < -0.4 is 0 Å². The molecular formula is C14H32O2. The van der Waals surface area contributed by atoms with E-state index in [0.29, 0.717) is 0 Å². The summed E-state index contributed by atoms with van der Waals surface area (Å²) >= 11 is 0. The lowest BCUT2D eigenvalue weighted by molar-refractivity contribution is 0.0968. The highest BCUT2D eigenvalue weighted by Gasteiger charge is 1.95. The van der Waals surface area contributed by atoms with Crippen LogP contribution in [0.3, 0.4) is 0 Å². The summed E-state index contributed by atoms with van der Waals surface area (Å²) in [6, 6.07) is 0. The highest BCUT2D eigenvalue weighted by Crippen LogP contribution is 2.04. The van der Waals surface area contributed by atoms with E-state index in [1.807, 2.05) is 13.8 Å². The van der Waals surface area contributed by atoms with Gasteiger partial charge >= 0.3 is 0 Å². The zero-order valence-electron chi connectivity index (χ0n) is 10.6. The fraction of sp³-hybridized carbons (Fsp3) is 1.00. The lowest BCUT2D eigenvalue weighted by atomic mass is 10.2. The fourth-order valence-corrected chi connectivity index (χ4v) is 1.55. The molecule has 2 heteroatoms. The summed E-state index contributed by atoms with van der Waals surface area (Å²) in [4.78, 5) is 0. The third kappa shape index (κ3) is 13.9. The van der Waals surface area contributed by atoms with E-state index < -0.39 is 0 Å². The maximum atomic E-state index is 5.19. The molecule has 0 unspecified atom stereocenters. The van der Waals surface area contributed by atoms with Crippen LogP contribution in [0.1, 0.15) is 66.2 Å². The highest BCUT2D eigenvalue weighted by molar-refractivity contribution is 4.46. The quantitative estimate of drug-likeness (QED) is 0.615. The molecule has 2 rings (SSSR count). The summed E-state index contributed by atoms with van der Waals surface area (Å²) < 4.78 is 10.3. The molecule has 0 bridgehead atoms. The van der Waals surface area contributed by atoms with Crippen molar-refractivity contribution in [2.75, 3.05) is 26.4 Å². The molecule has 0 aromatic carbocycles. The van der Waals surface area contributed by atoms with Crippen LogP contribution in [0.25, 0.3) is 0 Å². The Balaban J connectivity index is 0. The van der Waals surface area contributed by atoms with Gasteiger partial charge in [0.1, 0.15) is 0 Å². The molecule has 2 fully saturated rings. The second kappa shape index (κ2) is 17.3. The van der Waals surface area contributed by atoms with E-state index in [1.54, 1.807) is 0 Å². The van der Waals surface area contributed by atoms with Gasteiger partial charge < -0.3 is 9.47 Å². The first kappa shape index (κ1) is 18.3. The second-order valence-electron chi connectivity index (χ2n) is 3.70. The Morgan fingerprint density at radius 1 is 0.500 bits per heavy atom. The summed E-state index contributed by atoms with van der Waals surface area (Å²) in [5.41, 5.74) is 0. The number of hydrogen-bond donors (Lipinski definition) is 0. The standard InChI is InChI=1S/C6H12O.C5H10O.C2H6.CH4/c1-2-4-6-7-5-3-1;1-2-4-6-5-3-1;1-2;/h1-6H2;1-5H2;1-2H3;1H4. The summed E-state index contributed by atoms with van der Waals surface area (Å²) in [6.45, 7) is 8.00. The van der Waals surface area contributed by atoms with Gasteiger partial charge in [-0.15, -0.1) is 0 Å². The molecule has 0 aromatic heterocycles. The minimum absolute atomic E-state index is 0. The summed E-state index contributed by atoms with van der Waals surface area (Å²) in [6.07, 6.45) is 9.24. The molecule has 0 amide bonds. The zero-order valence-corrected chi connectivity index (χ0v) is 10.6. The number of rotatable bonds is 0. The van der Waals surface area contributed by atoms with Crippen LogP contribution in [-0.4, -0.2) is 26.4 Å². The Hall–Kier alpha value is -0.0800. The van der Waals surface area contributed by atoms with Crippen LogP contribution in [0.15, 0.2) is 0 Å². The van der Waals surface area contributed by atoms with Gasteiger partial charge in [-0.2, -0.15) is 0 Å². The first-order chi connectivity index (χ1) is 7.50. The van der Waals surface area contributed by atoms with Crippen LogP contribution in [0.5, 0.6) is 0 Å². The lowest BCUT2D eigenvalue weighted by Crippen LogP contribution is -2.03. The van der Waals surface area contributed by atoms with E-state index in [2.05, 4.69) is 0 Å².